The summed E-state index contributed by atoms with van der Waals surface area (Å²) in [5, 5.41) is 12.9. The van der Waals surface area contributed by atoms with Gasteiger partial charge in [0.2, 0.25) is 0 Å². The summed E-state index contributed by atoms with van der Waals surface area (Å²) in [7, 11) is 0. The van der Waals surface area contributed by atoms with Crippen LogP contribution in [-0.4, -0.2) is 28.6 Å². The zero-order valence-electron chi connectivity index (χ0n) is 14.2. The molecule has 26 heavy (non-hydrogen) atoms. The molecule has 5 heteroatoms. The molecule has 1 heterocycles. The van der Waals surface area contributed by atoms with Crippen molar-refractivity contribution in [1.82, 2.24) is 10.3 Å². The Morgan fingerprint density at radius 1 is 1.00 bits per heavy atom. The van der Waals surface area contributed by atoms with E-state index in [9.17, 15) is 9.90 Å². The number of hydrogen-bond acceptors (Lipinski definition) is 4. The summed E-state index contributed by atoms with van der Waals surface area (Å²) in [6, 6.07) is 20.1. The van der Waals surface area contributed by atoms with Crippen LogP contribution in [0.15, 0.2) is 79.1 Å². The summed E-state index contributed by atoms with van der Waals surface area (Å²) < 4.78 is 5.70. The van der Waals surface area contributed by atoms with Gasteiger partial charge < -0.3 is 15.2 Å². The molecule has 1 amide bonds. The molecular formula is C21H20N2O3. The van der Waals surface area contributed by atoms with Crippen molar-refractivity contribution >= 4 is 5.91 Å². The number of amides is 1. The maximum absolute atomic E-state index is 12.3. The average Bonchev–Trinajstić information content (AvgIpc) is 2.68. The Labute approximate surface area is 152 Å². The van der Waals surface area contributed by atoms with Gasteiger partial charge in [-0.3, -0.25) is 9.78 Å². The molecule has 1 aromatic heterocycles. The van der Waals surface area contributed by atoms with Crippen molar-refractivity contribution in [3.63, 3.8) is 0 Å². The minimum absolute atomic E-state index is 0.184. The lowest BCUT2D eigenvalue weighted by atomic mass is 10.1. The number of rotatable bonds is 7. The van der Waals surface area contributed by atoms with Crippen molar-refractivity contribution in [2.24, 2.45) is 0 Å². The Hall–Kier alpha value is -3.18. The quantitative estimate of drug-likeness (QED) is 0.688. The van der Waals surface area contributed by atoms with E-state index in [2.05, 4.69) is 10.3 Å². The molecule has 0 radical (unpaired) electrons. The average molecular weight is 348 g/mol. The fourth-order valence-electron chi connectivity index (χ4n) is 2.51. The number of carbonyl (C=O) groups is 1. The third kappa shape index (κ3) is 5.16. The molecule has 1 atom stereocenters. The second-order valence-corrected chi connectivity index (χ2v) is 5.87. The van der Waals surface area contributed by atoms with E-state index in [4.69, 9.17) is 4.74 Å². The summed E-state index contributed by atoms with van der Waals surface area (Å²) in [6.07, 6.45) is 3.13. The van der Waals surface area contributed by atoms with Gasteiger partial charge in [-0.05, 0) is 35.9 Å². The molecule has 0 aliphatic heterocycles. The molecule has 5 nitrogen and oxygen atoms in total. The number of carbonyl (C=O) groups excluding carboxylic acids is 1. The smallest absolute Gasteiger partial charge is 0.251 e. The number of aliphatic hydroxyl groups excluding tert-OH is 1. The first-order valence-corrected chi connectivity index (χ1v) is 8.39. The van der Waals surface area contributed by atoms with E-state index in [0.29, 0.717) is 23.5 Å². The molecule has 132 valence electrons. The molecule has 3 rings (SSSR count). The summed E-state index contributed by atoms with van der Waals surface area (Å²) in [5.74, 6) is 0.960. The zero-order valence-corrected chi connectivity index (χ0v) is 14.2. The third-order valence-corrected chi connectivity index (χ3v) is 3.79. The van der Waals surface area contributed by atoms with Gasteiger partial charge in [0.25, 0.3) is 5.91 Å². The molecule has 2 N–H and O–H groups in total. The first-order valence-electron chi connectivity index (χ1n) is 8.39. The number of benzene rings is 2. The highest BCUT2D eigenvalue weighted by Gasteiger charge is 2.11. The first-order chi connectivity index (χ1) is 12.7. The van der Waals surface area contributed by atoms with Gasteiger partial charge in [0.15, 0.2) is 0 Å². The van der Waals surface area contributed by atoms with Gasteiger partial charge in [-0.2, -0.15) is 0 Å². The first kappa shape index (κ1) is 17.6. The van der Waals surface area contributed by atoms with Crippen LogP contribution in [0.5, 0.6) is 11.5 Å². The van der Waals surface area contributed by atoms with E-state index in [-0.39, 0.29) is 12.5 Å². The number of nitrogens with zero attached hydrogens (tertiary/aromatic N) is 1. The predicted molar refractivity (Wildman–Crippen MR) is 99.2 cm³/mol. The van der Waals surface area contributed by atoms with E-state index in [0.717, 1.165) is 5.56 Å². The largest absolute Gasteiger partial charge is 0.457 e. The second-order valence-electron chi connectivity index (χ2n) is 5.87. The highest BCUT2D eigenvalue weighted by atomic mass is 16.5. The molecule has 0 spiro atoms. The van der Waals surface area contributed by atoms with E-state index in [1.165, 1.54) is 0 Å². The van der Waals surface area contributed by atoms with Gasteiger partial charge in [-0.1, -0.05) is 36.4 Å². The van der Waals surface area contributed by atoms with Crippen molar-refractivity contribution in [3.05, 3.63) is 90.3 Å². The van der Waals surface area contributed by atoms with Crippen molar-refractivity contribution in [2.45, 2.75) is 12.5 Å². The minimum atomic E-state index is -0.641. The van der Waals surface area contributed by atoms with Crippen molar-refractivity contribution in [2.75, 3.05) is 6.54 Å². The Morgan fingerprint density at radius 3 is 2.54 bits per heavy atom. The lowest BCUT2D eigenvalue weighted by Crippen LogP contribution is -2.33. The Morgan fingerprint density at radius 2 is 1.77 bits per heavy atom. The molecule has 0 saturated carbocycles. The monoisotopic (exact) mass is 348 g/mol. The topological polar surface area (TPSA) is 71.5 Å². The van der Waals surface area contributed by atoms with E-state index in [1.54, 1.807) is 48.8 Å². The molecule has 1 unspecified atom stereocenters. The minimum Gasteiger partial charge on any atom is -0.457 e. The van der Waals surface area contributed by atoms with Gasteiger partial charge >= 0.3 is 0 Å². The molecule has 0 aliphatic carbocycles. The van der Waals surface area contributed by atoms with Crippen LogP contribution in [0.2, 0.25) is 0 Å². The number of nitrogens with one attached hydrogen (secondary N) is 1. The lowest BCUT2D eigenvalue weighted by Gasteiger charge is -2.12. The fraction of sp³-hybridized carbons (Fsp3) is 0.143. The van der Waals surface area contributed by atoms with E-state index >= 15 is 0 Å². The van der Waals surface area contributed by atoms with Crippen LogP contribution in [0.1, 0.15) is 15.9 Å². The highest BCUT2D eigenvalue weighted by molar-refractivity contribution is 5.94. The standard InChI is InChI=1S/C21H20N2O3/c24-18(13-16-5-2-1-3-6-16)15-23-21(25)17-7-4-8-20(14-17)26-19-9-11-22-12-10-19/h1-12,14,18,24H,13,15H2,(H,23,25). The van der Waals surface area contributed by atoms with Crippen LogP contribution >= 0.6 is 0 Å². The van der Waals surface area contributed by atoms with Crippen LogP contribution in [0.3, 0.4) is 0 Å². The van der Waals surface area contributed by atoms with Crippen LogP contribution < -0.4 is 10.1 Å². The van der Waals surface area contributed by atoms with E-state index in [1.807, 2.05) is 30.3 Å². The zero-order chi connectivity index (χ0) is 18.2. The normalized spacial score (nSPS) is 11.6. The molecule has 0 saturated heterocycles. The van der Waals surface area contributed by atoms with Gasteiger partial charge in [-0.15, -0.1) is 0 Å². The van der Waals surface area contributed by atoms with Crippen LogP contribution in [0.4, 0.5) is 0 Å². The SMILES string of the molecule is O=C(NCC(O)Cc1ccccc1)c1cccc(Oc2ccncc2)c1. The third-order valence-electron chi connectivity index (χ3n) is 3.79. The van der Waals surface area contributed by atoms with Crippen molar-refractivity contribution < 1.29 is 14.6 Å². The molecule has 0 aliphatic rings. The van der Waals surface area contributed by atoms with Crippen molar-refractivity contribution in [3.8, 4) is 11.5 Å². The maximum Gasteiger partial charge on any atom is 0.251 e. The van der Waals surface area contributed by atoms with Crippen LogP contribution in [0.25, 0.3) is 0 Å². The number of pyridine rings is 1. The Bertz CT molecular complexity index is 838. The van der Waals surface area contributed by atoms with Crippen LogP contribution in [-0.2, 0) is 6.42 Å². The second kappa shape index (κ2) is 8.78. The number of hydrogen-bond donors (Lipinski definition) is 2. The van der Waals surface area contributed by atoms with E-state index < -0.39 is 6.10 Å². The number of aromatic nitrogens is 1. The number of ether oxygens (including phenoxy) is 1. The number of aliphatic hydroxyl groups is 1. The molecule has 0 fully saturated rings. The van der Waals surface area contributed by atoms with Crippen molar-refractivity contribution in [1.29, 1.82) is 0 Å². The fourth-order valence-corrected chi connectivity index (χ4v) is 2.51. The maximum atomic E-state index is 12.3. The van der Waals surface area contributed by atoms with Gasteiger partial charge in [0, 0.05) is 30.9 Å². The van der Waals surface area contributed by atoms with Gasteiger partial charge in [-0.25, -0.2) is 0 Å². The molecular weight excluding hydrogens is 328 g/mol. The summed E-state index contributed by atoms with van der Waals surface area (Å²) >= 11 is 0. The Kier molecular flexibility index (Phi) is 5.96. The molecule has 2 aromatic carbocycles. The Balaban J connectivity index is 1.55. The molecule has 0 bridgehead atoms. The van der Waals surface area contributed by atoms with Gasteiger partial charge in [0.05, 0.1) is 6.10 Å². The van der Waals surface area contributed by atoms with Crippen LogP contribution in [0, 0.1) is 0 Å². The molecule has 3 aromatic rings. The lowest BCUT2D eigenvalue weighted by molar-refractivity contribution is 0.0915. The summed E-state index contributed by atoms with van der Waals surface area (Å²) in [4.78, 5) is 16.3. The highest BCUT2D eigenvalue weighted by Crippen LogP contribution is 2.21. The van der Waals surface area contributed by atoms with Gasteiger partial charge in [0.1, 0.15) is 11.5 Å². The predicted octanol–water partition coefficient (Wildman–Crippen LogP) is 3.21. The summed E-state index contributed by atoms with van der Waals surface area (Å²) in [6.45, 7) is 0.184. The summed E-state index contributed by atoms with van der Waals surface area (Å²) in [5.41, 5.74) is 1.51.